The van der Waals surface area contributed by atoms with Crippen LogP contribution >= 0.6 is 0 Å². The number of benzene rings is 1. The third-order valence-corrected chi connectivity index (χ3v) is 6.41. The molecule has 2 aromatic rings. The van der Waals surface area contributed by atoms with E-state index in [9.17, 15) is 4.79 Å². The summed E-state index contributed by atoms with van der Waals surface area (Å²) in [6.07, 6.45) is 6.53. The molecule has 1 aromatic heterocycles. The number of nitrogens with one attached hydrogen (secondary N) is 1. The molecule has 0 radical (unpaired) electrons. The maximum absolute atomic E-state index is 12.2. The third-order valence-electron chi connectivity index (χ3n) is 6.41. The van der Waals surface area contributed by atoms with Gasteiger partial charge in [0.05, 0.1) is 6.54 Å². The number of nitrogens with zero attached hydrogens (tertiary/aromatic N) is 1. The summed E-state index contributed by atoms with van der Waals surface area (Å²) < 4.78 is 5.51. The number of H-pyrrole nitrogens is 1. The number of hydrogen-bond donors (Lipinski definition) is 1. The molecule has 3 rings (SSSR count). The van der Waals surface area contributed by atoms with Crippen LogP contribution in [0.2, 0.25) is 0 Å². The quantitative estimate of drug-likeness (QED) is 0.328. The Hall–Kier alpha value is -2.59. The van der Waals surface area contributed by atoms with Crippen molar-refractivity contribution in [2.45, 2.75) is 85.7 Å². The van der Waals surface area contributed by atoms with Crippen LogP contribution in [0.25, 0.3) is 16.5 Å². The number of ether oxygens (including phenoxy) is 1. The van der Waals surface area contributed by atoms with Crippen LogP contribution in [0.4, 0.5) is 0 Å². The summed E-state index contributed by atoms with van der Waals surface area (Å²) in [6.45, 7) is 23.0. The van der Waals surface area contributed by atoms with Gasteiger partial charge in [-0.05, 0) is 108 Å². The van der Waals surface area contributed by atoms with Gasteiger partial charge in [-0.15, -0.1) is 0 Å². The number of aromatic nitrogens is 1. The first-order valence-corrected chi connectivity index (χ1v) is 13.0. The van der Waals surface area contributed by atoms with Crippen molar-refractivity contribution in [3.8, 4) is 0 Å². The van der Waals surface area contributed by atoms with Crippen molar-refractivity contribution in [2.24, 2.45) is 0 Å². The Morgan fingerprint density at radius 1 is 1.17 bits per heavy atom. The molecule has 0 amide bonds. The van der Waals surface area contributed by atoms with E-state index < -0.39 is 5.60 Å². The molecule has 0 bridgehead atoms. The number of piperidine rings is 1. The fourth-order valence-electron chi connectivity index (χ4n) is 5.05. The molecule has 2 heterocycles. The Kier molecular flexibility index (Phi) is 8.48. The lowest BCUT2D eigenvalue weighted by Crippen LogP contribution is -2.39. The van der Waals surface area contributed by atoms with E-state index in [1.165, 1.54) is 38.9 Å². The summed E-state index contributed by atoms with van der Waals surface area (Å²) in [5.74, 6) is 0.772. The molecule has 1 aliphatic heterocycles. The molecule has 0 aliphatic carbocycles. The fraction of sp³-hybridized carbons (Fsp3) is 0.516. The van der Waals surface area contributed by atoms with Gasteiger partial charge in [0.25, 0.3) is 0 Å². The number of fused-ring (bicyclic) bond motifs is 1. The summed E-state index contributed by atoms with van der Waals surface area (Å²) in [6, 6.07) is 6.93. The standard InChI is InChI=1S/C31H44N2O2/c1-20(2)16-25(17-21(3)4)30-29(22(5)6)26-18-24(10-11-27(26)32-30)23-12-14-33(15-13-23)19-28(34)35-31(7,8)9/h10-11,16-18,22-23,32H,1,12-15,19H2,2-9H3/b25-16+. The van der Waals surface area contributed by atoms with Crippen molar-refractivity contribution in [1.29, 1.82) is 0 Å². The van der Waals surface area contributed by atoms with Gasteiger partial charge in [0.1, 0.15) is 5.60 Å². The average Bonchev–Trinajstić information content (AvgIpc) is 3.10. The van der Waals surface area contributed by atoms with Crippen LogP contribution in [0.15, 0.2) is 48.1 Å². The number of aromatic amines is 1. The van der Waals surface area contributed by atoms with Crippen molar-refractivity contribution >= 4 is 22.4 Å². The molecule has 1 N–H and O–H groups in total. The zero-order valence-corrected chi connectivity index (χ0v) is 23.0. The molecule has 1 aliphatic rings. The zero-order chi connectivity index (χ0) is 25.9. The Labute approximate surface area is 212 Å². The molecule has 0 saturated carbocycles. The Balaban J connectivity index is 1.85. The fourth-order valence-corrected chi connectivity index (χ4v) is 5.05. The van der Waals surface area contributed by atoms with Gasteiger partial charge in [-0.3, -0.25) is 9.69 Å². The van der Waals surface area contributed by atoms with Crippen LogP contribution in [0.5, 0.6) is 0 Å². The van der Waals surface area contributed by atoms with E-state index >= 15 is 0 Å². The van der Waals surface area contributed by atoms with Gasteiger partial charge >= 0.3 is 5.97 Å². The molecule has 1 fully saturated rings. The van der Waals surface area contributed by atoms with Gasteiger partial charge < -0.3 is 9.72 Å². The second-order valence-corrected chi connectivity index (χ2v) is 11.7. The number of rotatable bonds is 7. The molecule has 35 heavy (non-hydrogen) atoms. The molecule has 0 unspecified atom stereocenters. The highest BCUT2D eigenvalue weighted by atomic mass is 16.6. The number of likely N-dealkylation sites (tertiary alicyclic amines) is 1. The van der Waals surface area contributed by atoms with Crippen LogP contribution < -0.4 is 0 Å². The monoisotopic (exact) mass is 476 g/mol. The van der Waals surface area contributed by atoms with E-state index in [1.54, 1.807) is 0 Å². The molecular formula is C31H44N2O2. The minimum atomic E-state index is -0.431. The molecule has 0 atom stereocenters. The number of hydrogen-bond acceptors (Lipinski definition) is 3. The van der Waals surface area contributed by atoms with E-state index in [2.05, 4.69) is 74.5 Å². The average molecular weight is 477 g/mol. The molecule has 4 nitrogen and oxygen atoms in total. The topological polar surface area (TPSA) is 45.3 Å². The summed E-state index contributed by atoms with van der Waals surface area (Å²) in [5, 5.41) is 1.32. The summed E-state index contributed by atoms with van der Waals surface area (Å²) in [7, 11) is 0. The summed E-state index contributed by atoms with van der Waals surface area (Å²) in [5.41, 5.74) is 8.22. The normalized spacial score (nSPS) is 16.1. The van der Waals surface area contributed by atoms with Crippen LogP contribution in [0.1, 0.15) is 96.9 Å². The number of carbonyl (C=O) groups is 1. The minimum Gasteiger partial charge on any atom is -0.459 e. The largest absolute Gasteiger partial charge is 0.459 e. The van der Waals surface area contributed by atoms with Gasteiger partial charge in [0.15, 0.2) is 0 Å². The first-order valence-electron chi connectivity index (χ1n) is 13.0. The number of esters is 1. The zero-order valence-electron chi connectivity index (χ0n) is 23.0. The predicted octanol–water partition coefficient (Wildman–Crippen LogP) is 7.74. The highest BCUT2D eigenvalue weighted by molar-refractivity contribution is 5.92. The van der Waals surface area contributed by atoms with E-state index in [0.717, 1.165) is 31.5 Å². The van der Waals surface area contributed by atoms with Gasteiger partial charge in [-0.1, -0.05) is 49.8 Å². The van der Waals surface area contributed by atoms with Gasteiger partial charge in [0.2, 0.25) is 0 Å². The van der Waals surface area contributed by atoms with Crippen molar-refractivity contribution in [1.82, 2.24) is 9.88 Å². The number of carbonyl (C=O) groups excluding carboxylic acids is 1. The third kappa shape index (κ3) is 7.20. The van der Waals surface area contributed by atoms with Crippen LogP contribution in [0.3, 0.4) is 0 Å². The molecule has 1 aromatic carbocycles. The number of allylic oxidation sites excluding steroid dienone is 5. The lowest BCUT2D eigenvalue weighted by molar-refractivity contribution is -0.156. The molecular weight excluding hydrogens is 432 g/mol. The lowest BCUT2D eigenvalue weighted by atomic mass is 9.87. The molecule has 0 spiro atoms. The molecule has 190 valence electrons. The maximum Gasteiger partial charge on any atom is 0.320 e. The van der Waals surface area contributed by atoms with Crippen molar-refractivity contribution < 1.29 is 9.53 Å². The second-order valence-electron chi connectivity index (χ2n) is 11.7. The Bertz CT molecular complexity index is 1130. The molecule has 4 heteroatoms. The van der Waals surface area contributed by atoms with Crippen LogP contribution in [-0.4, -0.2) is 41.1 Å². The van der Waals surface area contributed by atoms with Crippen molar-refractivity contribution in [2.75, 3.05) is 19.6 Å². The first-order chi connectivity index (χ1) is 16.3. The van der Waals surface area contributed by atoms with E-state index in [1.807, 2.05) is 27.7 Å². The smallest absolute Gasteiger partial charge is 0.320 e. The summed E-state index contributed by atoms with van der Waals surface area (Å²) in [4.78, 5) is 18.2. The van der Waals surface area contributed by atoms with E-state index in [-0.39, 0.29) is 5.97 Å². The maximum atomic E-state index is 12.2. The second kappa shape index (κ2) is 11.0. The minimum absolute atomic E-state index is 0.131. The van der Waals surface area contributed by atoms with Crippen molar-refractivity contribution in [3.63, 3.8) is 0 Å². The van der Waals surface area contributed by atoms with Gasteiger partial charge in [-0.25, -0.2) is 0 Å². The van der Waals surface area contributed by atoms with Crippen LogP contribution in [-0.2, 0) is 9.53 Å². The highest BCUT2D eigenvalue weighted by Crippen LogP contribution is 2.37. The highest BCUT2D eigenvalue weighted by Gasteiger charge is 2.25. The van der Waals surface area contributed by atoms with Gasteiger partial charge in [0, 0.05) is 16.6 Å². The Morgan fingerprint density at radius 2 is 1.83 bits per heavy atom. The predicted molar refractivity (Wildman–Crippen MR) is 149 cm³/mol. The molecule has 1 saturated heterocycles. The van der Waals surface area contributed by atoms with Crippen LogP contribution in [0, 0.1) is 0 Å². The summed E-state index contributed by atoms with van der Waals surface area (Å²) >= 11 is 0. The van der Waals surface area contributed by atoms with Crippen molar-refractivity contribution in [3.05, 3.63) is 64.9 Å². The van der Waals surface area contributed by atoms with E-state index in [0.29, 0.717) is 18.4 Å². The van der Waals surface area contributed by atoms with Gasteiger partial charge in [-0.2, -0.15) is 0 Å². The Morgan fingerprint density at radius 3 is 2.37 bits per heavy atom. The lowest BCUT2D eigenvalue weighted by Gasteiger charge is -2.32. The first kappa shape index (κ1) is 27.0. The van der Waals surface area contributed by atoms with E-state index in [4.69, 9.17) is 4.74 Å². The SMILES string of the molecule is C=C(C)/C=C(\C=C(C)C)c1[nH]c2ccc(C3CCN(CC(=O)OC(C)(C)C)CC3)cc2c1C(C)C.